The van der Waals surface area contributed by atoms with Crippen LogP contribution in [0.3, 0.4) is 0 Å². The van der Waals surface area contributed by atoms with Gasteiger partial charge in [-0.05, 0) is 44.9 Å². The first-order chi connectivity index (χ1) is 9.65. The minimum Gasteiger partial charge on any atom is -0.328 e. The van der Waals surface area contributed by atoms with Gasteiger partial charge in [0.1, 0.15) is 5.82 Å². The predicted octanol–water partition coefficient (Wildman–Crippen LogP) is 4.18. The van der Waals surface area contributed by atoms with E-state index in [-0.39, 0.29) is 0 Å². The molecular weight excluding hydrogens is 293 g/mol. The molecule has 0 saturated carbocycles. The molecule has 1 aromatic heterocycles. The lowest BCUT2D eigenvalue weighted by Gasteiger charge is -2.23. The second-order valence-corrected chi connectivity index (χ2v) is 6.32. The van der Waals surface area contributed by atoms with Crippen LogP contribution >= 0.6 is 23.2 Å². The van der Waals surface area contributed by atoms with E-state index in [2.05, 4.69) is 14.9 Å². The summed E-state index contributed by atoms with van der Waals surface area (Å²) >= 11 is 12.2. The smallest absolute Gasteiger partial charge is 0.106 e. The molecule has 5 heteroatoms. The van der Waals surface area contributed by atoms with Crippen molar-refractivity contribution in [2.24, 2.45) is 0 Å². The van der Waals surface area contributed by atoms with Crippen molar-refractivity contribution in [3.63, 3.8) is 0 Å². The van der Waals surface area contributed by atoms with Gasteiger partial charge in [0.2, 0.25) is 0 Å². The molecule has 2 aromatic rings. The highest BCUT2D eigenvalue weighted by atomic mass is 35.5. The minimum atomic E-state index is 0.567. The van der Waals surface area contributed by atoms with Crippen LogP contribution in [0.5, 0.6) is 0 Å². The van der Waals surface area contributed by atoms with Crippen molar-refractivity contribution in [2.75, 3.05) is 6.54 Å². The Morgan fingerprint density at radius 2 is 2.10 bits per heavy atom. The quantitative estimate of drug-likeness (QED) is 0.921. The van der Waals surface area contributed by atoms with Crippen LogP contribution in [0, 0.1) is 6.92 Å². The second kappa shape index (κ2) is 5.92. The van der Waals surface area contributed by atoms with Gasteiger partial charge < -0.3 is 9.88 Å². The molecule has 1 aliphatic heterocycles. The van der Waals surface area contributed by atoms with Crippen LogP contribution in [-0.4, -0.2) is 22.1 Å². The Hall–Kier alpha value is -0.770. The number of nitrogens with one attached hydrogen (secondary N) is 1. The van der Waals surface area contributed by atoms with E-state index < -0.39 is 0 Å². The van der Waals surface area contributed by atoms with Gasteiger partial charge in [0.05, 0.1) is 21.1 Å². The van der Waals surface area contributed by atoms with Crippen LogP contribution in [0.15, 0.2) is 12.1 Å². The van der Waals surface area contributed by atoms with Gasteiger partial charge in [0.25, 0.3) is 0 Å². The zero-order valence-corrected chi connectivity index (χ0v) is 13.1. The zero-order chi connectivity index (χ0) is 14.1. The summed E-state index contributed by atoms with van der Waals surface area (Å²) < 4.78 is 2.24. The summed E-state index contributed by atoms with van der Waals surface area (Å²) in [4.78, 5) is 4.58. The van der Waals surface area contributed by atoms with Gasteiger partial charge >= 0.3 is 0 Å². The van der Waals surface area contributed by atoms with Crippen molar-refractivity contribution in [3.8, 4) is 0 Å². The summed E-state index contributed by atoms with van der Waals surface area (Å²) in [7, 11) is 0. The summed E-state index contributed by atoms with van der Waals surface area (Å²) in [5.74, 6) is 1.02. The number of hydrogen-bond acceptors (Lipinski definition) is 2. The van der Waals surface area contributed by atoms with Crippen molar-refractivity contribution >= 4 is 34.2 Å². The lowest BCUT2D eigenvalue weighted by molar-refractivity contribution is 0.367. The van der Waals surface area contributed by atoms with Crippen LogP contribution in [0.1, 0.15) is 31.5 Å². The van der Waals surface area contributed by atoms with Gasteiger partial charge in [0, 0.05) is 12.6 Å². The fourth-order valence-electron chi connectivity index (χ4n) is 2.98. The molecule has 1 atom stereocenters. The first kappa shape index (κ1) is 14.2. The van der Waals surface area contributed by atoms with Gasteiger partial charge in [-0.1, -0.05) is 29.6 Å². The van der Waals surface area contributed by atoms with Crippen LogP contribution in [0.2, 0.25) is 10.0 Å². The number of halogens is 2. The Labute approximate surface area is 129 Å². The number of imidazole rings is 1. The van der Waals surface area contributed by atoms with E-state index in [1.54, 1.807) is 0 Å². The maximum absolute atomic E-state index is 6.13. The Morgan fingerprint density at radius 1 is 1.30 bits per heavy atom. The lowest BCUT2D eigenvalue weighted by atomic mass is 10.0. The molecule has 108 valence electrons. The van der Waals surface area contributed by atoms with Crippen LogP contribution in [0.25, 0.3) is 11.0 Å². The molecule has 3 nitrogen and oxygen atoms in total. The van der Waals surface area contributed by atoms with Gasteiger partial charge in [-0.2, -0.15) is 0 Å². The summed E-state index contributed by atoms with van der Waals surface area (Å²) in [5, 5.41) is 4.75. The molecule has 1 unspecified atom stereocenters. The van der Waals surface area contributed by atoms with Crippen LogP contribution in [0.4, 0.5) is 0 Å². The molecule has 0 aliphatic carbocycles. The molecule has 0 amide bonds. The Balaban J connectivity index is 1.83. The van der Waals surface area contributed by atoms with Crippen molar-refractivity contribution in [1.29, 1.82) is 0 Å². The maximum atomic E-state index is 6.13. The van der Waals surface area contributed by atoms with E-state index in [0.717, 1.165) is 36.4 Å². The number of piperidine rings is 1. The normalized spacial score (nSPS) is 19.6. The molecule has 1 fully saturated rings. The van der Waals surface area contributed by atoms with Gasteiger partial charge in [0.15, 0.2) is 0 Å². The molecule has 1 N–H and O–H groups in total. The topological polar surface area (TPSA) is 29.9 Å². The summed E-state index contributed by atoms with van der Waals surface area (Å²) in [5.41, 5.74) is 2.00. The number of hydrogen-bond donors (Lipinski definition) is 1. The Morgan fingerprint density at radius 3 is 2.85 bits per heavy atom. The maximum Gasteiger partial charge on any atom is 0.106 e. The molecule has 3 rings (SSSR count). The first-order valence-corrected chi connectivity index (χ1v) is 7.96. The molecular formula is C15H19Cl2N3. The number of nitrogens with zero attached hydrogens (tertiary/aromatic N) is 2. The van der Waals surface area contributed by atoms with Crippen molar-refractivity contribution in [3.05, 3.63) is 28.0 Å². The minimum absolute atomic E-state index is 0.567. The predicted molar refractivity (Wildman–Crippen MR) is 84.7 cm³/mol. The summed E-state index contributed by atoms with van der Waals surface area (Å²) in [6.07, 6.45) is 5.05. The largest absolute Gasteiger partial charge is 0.328 e. The third-order valence-electron chi connectivity index (χ3n) is 4.09. The average molecular weight is 312 g/mol. The van der Waals surface area contributed by atoms with E-state index in [9.17, 15) is 0 Å². The fourth-order valence-corrected chi connectivity index (χ4v) is 3.29. The highest BCUT2D eigenvalue weighted by Crippen LogP contribution is 2.28. The summed E-state index contributed by atoms with van der Waals surface area (Å²) in [6.45, 7) is 4.16. The monoisotopic (exact) mass is 311 g/mol. The third kappa shape index (κ3) is 2.80. The molecule has 2 heterocycles. The van der Waals surface area contributed by atoms with E-state index in [0.29, 0.717) is 16.1 Å². The van der Waals surface area contributed by atoms with Crippen LogP contribution in [-0.2, 0) is 6.54 Å². The second-order valence-electron chi connectivity index (χ2n) is 5.50. The third-order valence-corrected chi connectivity index (χ3v) is 4.82. The highest BCUT2D eigenvalue weighted by molar-refractivity contribution is 6.42. The Kier molecular flexibility index (Phi) is 4.20. The standard InChI is InChI=1S/C15H19Cl2N3/c1-10-19-14-8-12(16)13(17)9-15(14)20(10)7-5-11-4-2-3-6-18-11/h8-9,11,18H,2-7H2,1H3. The molecule has 20 heavy (non-hydrogen) atoms. The number of fused-ring (bicyclic) bond motifs is 1. The fraction of sp³-hybridized carbons (Fsp3) is 0.533. The molecule has 1 saturated heterocycles. The average Bonchev–Trinajstić information content (AvgIpc) is 2.73. The molecule has 0 radical (unpaired) electrons. The number of benzene rings is 1. The van der Waals surface area contributed by atoms with Crippen molar-refractivity contribution < 1.29 is 0 Å². The van der Waals surface area contributed by atoms with E-state index in [1.165, 1.54) is 19.3 Å². The molecule has 1 aromatic carbocycles. The molecule has 1 aliphatic rings. The highest BCUT2D eigenvalue weighted by Gasteiger charge is 2.15. The zero-order valence-electron chi connectivity index (χ0n) is 11.6. The van der Waals surface area contributed by atoms with Gasteiger partial charge in [-0.3, -0.25) is 0 Å². The number of aromatic nitrogens is 2. The van der Waals surface area contributed by atoms with E-state index in [1.807, 2.05) is 19.1 Å². The lowest BCUT2D eigenvalue weighted by Crippen LogP contribution is -2.34. The number of aryl methyl sites for hydroxylation is 2. The van der Waals surface area contributed by atoms with Gasteiger partial charge in [-0.25, -0.2) is 4.98 Å². The van der Waals surface area contributed by atoms with Crippen molar-refractivity contribution in [2.45, 2.75) is 45.2 Å². The Bertz CT molecular complexity index is 615. The number of rotatable bonds is 3. The molecule has 0 bridgehead atoms. The van der Waals surface area contributed by atoms with Crippen molar-refractivity contribution in [1.82, 2.24) is 14.9 Å². The van der Waals surface area contributed by atoms with Crippen LogP contribution < -0.4 is 5.32 Å². The SMILES string of the molecule is Cc1nc2cc(Cl)c(Cl)cc2n1CCC1CCCCN1. The molecule has 0 spiro atoms. The van der Waals surface area contributed by atoms with E-state index >= 15 is 0 Å². The first-order valence-electron chi connectivity index (χ1n) is 7.20. The van der Waals surface area contributed by atoms with E-state index in [4.69, 9.17) is 23.2 Å². The summed E-state index contributed by atoms with van der Waals surface area (Å²) in [6, 6.07) is 4.40. The van der Waals surface area contributed by atoms with Gasteiger partial charge in [-0.15, -0.1) is 0 Å².